The van der Waals surface area contributed by atoms with Crippen LogP contribution in [-0.2, 0) is 4.74 Å². The SMILES string of the molecule is Cc1nc(Cl)c2nc(-c3cccc(Cl)c3)n(C3CCOCC3)c2n1. The second-order valence-electron chi connectivity index (χ2n) is 5.89. The zero-order valence-corrected chi connectivity index (χ0v) is 14.7. The molecule has 3 heterocycles. The van der Waals surface area contributed by atoms with Crippen LogP contribution in [0.2, 0.25) is 10.2 Å². The van der Waals surface area contributed by atoms with Crippen molar-refractivity contribution < 1.29 is 4.74 Å². The van der Waals surface area contributed by atoms with E-state index in [2.05, 4.69) is 14.5 Å². The minimum atomic E-state index is 0.267. The predicted octanol–water partition coefficient (Wildman–Crippen LogP) is 4.46. The van der Waals surface area contributed by atoms with Crippen LogP contribution in [0.4, 0.5) is 0 Å². The predicted molar refractivity (Wildman–Crippen MR) is 94.6 cm³/mol. The molecule has 1 saturated heterocycles. The molecule has 0 amide bonds. The van der Waals surface area contributed by atoms with Crippen LogP contribution in [0.3, 0.4) is 0 Å². The molecule has 5 nitrogen and oxygen atoms in total. The number of nitrogens with zero attached hydrogens (tertiary/aromatic N) is 4. The van der Waals surface area contributed by atoms with Crippen LogP contribution in [-0.4, -0.2) is 32.7 Å². The summed E-state index contributed by atoms with van der Waals surface area (Å²) >= 11 is 12.5. The zero-order chi connectivity index (χ0) is 16.7. The van der Waals surface area contributed by atoms with Crippen molar-refractivity contribution >= 4 is 34.4 Å². The topological polar surface area (TPSA) is 52.8 Å². The summed E-state index contributed by atoms with van der Waals surface area (Å²) in [6.07, 6.45) is 1.83. The van der Waals surface area contributed by atoms with Crippen LogP contribution in [0.25, 0.3) is 22.6 Å². The molecule has 1 aliphatic heterocycles. The normalized spacial score (nSPS) is 16.0. The molecular weight excluding hydrogens is 347 g/mol. The molecule has 124 valence electrons. The van der Waals surface area contributed by atoms with Crippen LogP contribution in [0, 0.1) is 6.92 Å². The van der Waals surface area contributed by atoms with Crippen molar-refractivity contribution in [3.05, 3.63) is 40.3 Å². The number of fused-ring (bicyclic) bond motifs is 1. The molecule has 0 radical (unpaired) electrons. The first-order valence-corrected chi connectivity index (χ1v) is 8.65. The zero-order valence-electron chi connectivity index (χ0n) is 13.2. The highest BCUT2D eigenvalue weighted by atomic mass is 35.5. The van der Waals surface area contributed by atoms with E-state index >= 15 is 0 Å². The van der Waals surface area contributed by atoms with Gasteiger partial charge in [-0.15, -0.1) is 0 Å². The quantitative estimate of drug-likeness (QED) is 0.631. The average Bonchev–Trinajstić information content (AvgIpc) is 2.95. The number of rotatable bonds is 2. The molecule has 1 aliphatic rings. The monoisotopic (exact) mass is 362 g/mol. The molecule has 0 aliphatic carbocycles. The van der Waals surface area contributed by atoms with Crippen LogP contribution in [0.15, 0.2) is 24.3 Å². The van der Waals surface area contributed by atoms with Crippen molar-refractivity contribution in [1.82, 2.24) is 19.5 Å². The number of benzene rings is 1. The molecule has 0 N–H and O–H groups in total. The second-order valence-corrected chi connectivity index (χ2v) is 6.69. The van der Waals surface area contributed by atoms with Crippen LogP contribution in [0.5, 0.6) is 0 Å². The van der Waals surface area contributed by atoms with Gasteiger partial charge in [-0.05, 0) is 31.9 Å². The molecule has 2 aromatic heterocycles. The lowest BCUT2D eigenvalue weighted by atomic mass is 10.1. The van der Waals surface area contributed by atoms with Crippen molar-refractivity contribution in [3.8, 4) is 11.4 Å². The maximum Gasteiger partial charge on any atom is 0.165 e. The van der Waals surface area contributed by atoms with Gasteiger partial charge in [-0.25, -0.2) is 15.0 Å². The van der Waals surface area contributed by atoms with Crippen LogP contribution in [0.1, 0.15) is 24.7 Å². The smallest absolute Gasteiger partial charge is 0.165 e. The Morgan fingerprint density at radius 2 is 1.92 bits per heavy atom. The van der Waals surface area contributed by atoms with Crippen LogP contribution >= 0.6 is 23.2 Å². The minimum absolute atomic E-state index is 0.267. The van der Waals surface area contributed by atoms with Gasteiger partial charge in [0.2, 0.25) is 0 Å². The Morgan fingerprint density at radius 1 is 1.12 bits per heavy atom. The molecule has 0 bridgehead atoms. The molecule has 7 heteroatoms. The van der Waals surface area contributed by atoms with Gasteiger partial charge in [-0.3, -0.25) is 0 Å². The molecular formula is C17H16Cl2N4O. The molecule has 1 aromatic carbocycles. The Bertz CT molecular complexity index is 903. The van der Waals surface area contributed by atoms with Gasteiger partial charge in [0.1, 0.15) is 17.2 Å². The third-order valence-corrected chi connectivity index (χ3v) is 4.75. The fourth-order valence-electron chi connectivity index (χ4n) is 3.16. The summed E-state index contributed by atoms with van der Waals surface area (Å²) in [5.74, 6) is 1.46. The first-order chi connectivity index (χ1) is 11.6. The Kier molecular flexibility index (Phi) is 4.16. The minimum Gasteiger partial charge on any atom is -0.381 e. The van der Waals surface area contributed by atoms with E-state index in [0.717, 1.165) is 43.1 Å². The van der Waals surface area contributed by atoms with Crippen molar-refractivity contribution in [2.24, 2.45) is 0 Å². The number of halogens is 2. The van der Waals surface area contributed by atoms with Crippen molar-refractivity contribution in [2.45, 2.75) is 25.8 Å². The van der Waals surface area contributed by atoms with E-state index in [1.165, 1.54) is 0 Å². The number of hydrogen-bond acceptors (Lipinski definition) is 4. The summed E-state index contributed by atoms with van der Waals surface area (Å²) in [5.41, 5.74) is 2.35. The number of imidazole rings is 1. The summed E-state index contributed by atoms with van der Waals surface area (Å²) < 4.78 is 7.68. The van der Waals surface area contributed by atoms with E-state index in [-0.39, 0.29) is 6.04 Å². The summed E-state index contributed by atoms with van der Waals surface area (Å²) in [4.78, 5) is 13.6. The summed E-state index contributed by atoms with van der Waals surface area (Å²) in [6, 6.07) is 7.94. The second kappa shape index (κ2) is 6.31. The lowest BCUT2D eigenvalue weighted by molar-refractivity contribution is 0.0708. The van der Waals surface area contributed by atoms with Gasteiger partial charge in [-0.2, -0.15) is 0 Å². The Hall–Kier alpha value is -1.69. The van der Waals surface area contributed by atoms with Crippen molar-refractivity contribution in [1.29, 1.82) is 0 Å². The van der Waals surface area contributed by atoms with Gasteiger partial charge >= 0.3 is 0 Å². The lowest BCUT2D eigenvalue weighted by Gasteiger charge is -2.25. The van der Waals surface area contributed by atoms with Crippen molar-refractivity contribution in [3.63, 3.8) is 0 Å². The van der Waals surface area contributed by atoms with E-state index in [9.17, 15) is 0 Å². The maximum absolute atomic E-state index is 6.33. The highest BCUT2D eigenvalue weighted by Gasteiger charge is 2.25. The van der Waals surface area contributed by atoms with Gasteiger partial charge in [-0.1, -0.05) is 35.3 Å². The van der Waals surface area contributed by atoms with E-state index in [1.54, 1.807) is 0 Å². The summed E-state index contributed by atoms with van der Waals surface area (Å²) in [7, 11) is 0. The third-order valence-electron chi connectivity index (χ3n) is 4.25. The third kappa shape index (κ3) is 2.77. The first-order valence-electron chi connectivity index (χ1n) is 7.89. The standard InChI is InChI=1S/C17H16Cl2N4O/c1-10-20-15(19)14-17(21-10)23(13-5-7-24-8-6-13)16(22-14)11-3-2-4-12(18)9-11/h2-4,9,13H,5-8H2,1H3. The molecule has 0 spiro atoms. The number of hydrogen-bond donors (Lipinski definition) is 0. The largest absolute Gasteiger partial charge is 0.381 e. The molecule has 24 heavy (non-hydrogen) atoms. The summed E-state index contributed by atoms with van der Waals surface area (Å²) in [6.45, 7) is 3.31. The molecule has 4 rings (SSSR count). The van der Waals surface area contributed by atoms with Gasteiger partial charge in [0, 0.05) is 29.8 Å². The average molecular weight is 363 g/mol. The molecule has 0 unspecified atom stereocenters. The number of ether oxygens (including phenoxy) is 1. The van der Waals surface area contributed by atoms with E-state index in [0.29, 0.717) is 21.5 Å². The lowest BCUT2D eigenvalue weighted by Crippen LogP contribution is -2.20. The maximum atomic E-state index is 6.33. The van der Waals surface area contributed by atoms with E-state index < -0.39 is 0 Å². The number of aryl methyl sites for hydroxylation is 1. The molecule has 3 aromatic rings. The van der Waals surface area contributed by atoms with E-state index in [4.69, 9.17) is 32.9 Å². The van der Waals surface area contributed by atoms with Crippen LogP contribution < -0.4 is 0 Å². The first kappa shape index (κ1) is 15.8. The Balaban J connectivity index is 1.99. The van der Waals surface area contributed by atoms with Gasteiger partial charge in [0.15, 0.2) is 10.8 Å². The molecule has 1 fully saturated rings. The van der Waals surface area contributed by atoms with Gasteiger partial charge < -0.3 is 9.30 Å². The number of aromatic nitrogens is 4. The molecule has 0 atom stereocenters. The highest BCUT2D eigenvalue weighted by Crippen LogP contribution is 2.34. The highest BCUT2D eigenvalue weighted by molar-refractivity contribution is 6.33. The summed E-state index contributed by atoms with van der Waals surface area (Å²) in [5, 5.41) is 1.05. The van der Waals surface area contributed by atoms with Gasteiger partial charge in [0.25, 0.3) is 0 Å². The van der Waals surface area contributed by atoms with Gasteiger partial charge in [0.05, 0.1) is 0 Å². The fourth-order valence-corrected chi connectivity index (χ4v) is 3.60. The van der Waals surface area contributed by atoms with E-state index in [1.807, 2.05) is 31.2 Å². The fraction of sp³-hybridized carbons (Fsp3) is 0.353. The van der Waals surface area contributed by atoms with Crippen molar-refractivity contribution in [2.75, 3.05) is 13.2 Å². The Labute approximate surface area is 149 Å². The Morgan fingerprint density at radius 3 is 2.67 bits per heavy atom. The molecule has 0 saturated carbocycles.